The number of carboxylic acid groups (broad SMARTS) is 1. The van der Waals surface area contributed by atoms with E-state index in [4.69, 9.17) is 5.11 Å². The summed E-state index contributed by atoms with van der Waals surface area (Å²) in [6, 6.07) is 2.40. The number of benzene rings is 1. The van der Waals surface area contributed by atoms with E-state index in [1.165, 1.54) is 0 Å². The molecule has 2 rings (SSSR count). The van der Waals surface area contributed by atoms with Crippen LogP contribution in [0.2, 0.25) is 0 Å². The number of carbonyl (C=O) groups is 2. The second-order valence-electron chi connectivity index (χ2n) is 4.57. The first-order valence-electron chi connectivity index (χ1n) is 5.82. The zero-order valence-corrected chi connectivity index (χ0v) is 11.1. The van der Waals surface area contributed by atoms with Crippen LogP contribution in [0.4, 0.5) is 4.39 Å². The van der Waals surface area contributed by atoms with Gasteiger partial charge in [-0.15, -0.1) is 0 Å². The van der Waals surface area contributed by atoms with Gasteiger partial charge in [0.15, 0.2) is 9.84 Å². The fraction of sp³-hybridized carbons (Fsp3) is 0.333. The van der Waals surface area contributed by atoms with Crippen molar-refractivity contribution in [1.82, 2.24) is 5.32 Å². The van der Waals surface area contributed by atoms with Crippen molar-refractivity contribution in [3.63, 3.8) is 0 Å². The number of sulfone groups is 1. The van der Waals surface area contributed by atoms with Crippen LogP contribution in [0.3, 0.4) is 0 Å². The number of carboxylic acids is 1. The number of hydrogen-bond acceptors (Lipinski definition) is 4. The van der Waals surface area contributed by atoms with Gasteiger partial charge in [0.1, 0.15) is 5.82 Å². The number of carbonyl (C=O) groups excluding carboxylic acids is 1. The van der Waals surface area contributed by atoms with Crippen LogP contribution in [0.5, 0.6) is 0 Å². The van der Waals surface area contributed by atoms with E-state index in [0.717, 1.165) is 18.2 Å². The molecule has 8 heteroatoms. The average Bonchev–Trinajstić information content (AvgIpc) is 2.68. The summed E-state index contributed by atoms with van der Waals surface area (Å²) in [6.07, 6.45) is 0.295. The van der Waals surface area contributed by atoms with Crippen molar-refractivity contribution >= 4 is 21.7 Å². The van der Waals surface area contributed by atoms with Crippen molar-refractivity contribution in [3.8, 4) is 0 Å². The molecule has 1 aliphatic rings. The van der Waals surface area contributed by atoms with Gasteiger partial charge in [-0.05, 0) is 24.6 Å². The number of halogens is 1. The van der Waals surface area contributed by atoms with Gasteiger partial charge in [-0.1, -0.05) is 0 Å². The third kappa shape index (κ3) is 3.13. The van der Waals surface area contributed by atoms with Crippen molar-refractivity contribution in [3.05, 3.63) is 35.1 Å². The van der Waals surface area contributed by atoms with Gasteiger partial charge in [-0.3, -0.25) is 4.79 Å². The minimum Gasteiger partial charge on any atom is -0.478 e. The van der Waals surface area contributed by atoms with E-state index >= 15 is 0 Å². The highest BCUT2D eigenvalue weighted by Crippen LogP contribution is 2.14. The minimum atomic E-state index is -3.14. The van der Waals surface area contributed by atoms with Gasteiger partial charge >= 0.3 is 5.97 Å². The molecule has 0 aliphatic carbocycles. The lowest BCUT2D eigenvalue weighted by molar-refractivity contribution is 0.0695. The summed E-state index contributed by atoms with van der Waals surface area (Å²) in [5.74, 6) is -3.16. The van der Waals surface area contributed by atoms with Crippen molar-refractivity contribution in [2.45, 2.75) is 12.5 Å². The van der Waals surface area contributed by atoms with E-state index in [2.05, 4.69) is 5.32 Å². The maximum Gasteiger partial charge on any atom is 0.335 e. The highest BCUT2D eigenvalue weighted by atomic mass is 32.2. The zero-order chi connectivity index (χ0) is 14.9. The molecule has 0 aromatic heterocycles. The van der Waals surface area contributed by atoms with Crippen LogP contribution >= 0.6 is 0 Å². The van der Waals surface area contributed by atoms with Gasteiger partial charge in [-0.25, -0.2) is 17.6 Å². The van der Waals surface area contributed by atoms with Crippen LogP contribution in [0.25, 0.3) is 0 Å². The smallest absolute Gasteiger partial charge is 0.335 e. The lowest BCUT2D eigenvalue weighted by Gasteiger charge is -2.11. The summed E-state index contributed by atoms with van der Waals surface area (Å²) in [7, 11) is -3.14. The summed E-state index contributed by atoms with van der Waals surface area (Å²) in [5, 5.41) is 11.1. The van der Waals surface area contributed by atoms with Gasteiger partial charge in [0.25, 0.3) is 5.91 Å². The first-order chi connectivity index (χ1) is 9.28. The molecule has 0 spiro atoms. The Morgan fingerprint density at radius 3 is 2.55 bits per heavy atom. The number of aromatic carboxylic acids is 1. The predicted molar refractivity (Wildman–Crippen MR) is 67.9 cm³/mol. The number of nitrogens with one attached hydrogen (secondary N) is 1. The summed E-state index contributed by atoms with van der Waals surface area (Å²) in [4.78, 5) is 22.5. The van der Waals surface area contributed by atoms with Gasteiger partial charge in [0.05, 0.1) is 22.6 Å². The Labute approximate surface area is 114 Å². The van der Waals surface area contributed by atoms with E-state index in [-0.39, 0.29) is 22.6 Å². The largest absolute Gasteiger partial charge is 0.478 e. The second-order valence-corrected chi connectivity index (χ2v) is 6.80. The molecule has 1 unspecified atom stereocenters. The first kappa shape index (κ1) is 14.4. The van der Waals surface area contributed by atoms with Gasteiger partial charge in [0, 0.05) is 6.04 Å². The Hall–Kier alpha value is -1.96. The Morgan fingerprint density at radius 2 is 2.05 bits per heavy atom. The van der Waals surface area contributed by atoms with Gasteiger partial charge in [-0.2, -0.15) is 0 Å². The second kappa shape index (κ2) is 5.20. The van der Waals surface area contributed by atoms with Crippen molar-refractivity contribution in [2.24, 2.45) is 0 Å². The van der Waals surface area contributed by atoms with Gasteiger partial charge in [0.2, 0.25) is 0 Å². The van der Waals surface area contributed by atoms with E-state index in [1.807, 2.05) is 0 Å². The van der Waals surface area contributed by atoms with E-state index in [9.17, 15) is 22.4 Å². The maximum atomic E-state index is 13.6. The molecule has 1 aromatic rings. The topological polar surface area (TPSA) is 101 Å². The van der Waals surface area contributed by atoms with Crippen molar-refractivity contribution in [2.75, 3.05) is 11.5 Å². The first-order valence-corrected chi connectivity index (χ1v) is 7.65. The highest BCUT2D eigenvalue weighted by Gasteiger charge is 2.29. The Balaban J connectivity index is 2.12. The molecule has 1 atom stereocenters. The lowest BCUT2D eigenvalue weighted by Crippen LogP contribution is -2.36. The summed E-state index contributed by atoms with van der Waals surface area (Å²) in [6.45, 7) is 0. The molecular weight excluding hydrogens is 289 g/mol. The monoisotopic (exact) mass is 301 g/mol. The van der Waals surface area contributed by atoms with Crippen molar-refractivity contribution in [1.29, 1.82) is 0 Å². The normalized spacial score (nSPS) is 20.6. The molecule has 6 nitrogen and oxygen atoms in total. The fourth-order valence-corrected chi connectivity index (χ4v) is 3.68. The molecule has 1 fully saturated rings. The lowest BCUT2D eigenvalue weighted by atomic mass is 10.1. The third-order valence-corrected chi connectivity index (χ3v) is 4.80. The molecular formula is C12H12FNO5S. The molecule has 0 saturated carbocycles. The molecule has 2 N–H and O–H groups in total. The third-order valence-electron chi connectivity index (χ3n) is 3.03. The van der Waals surface area contributed by atoms with Crippen LogP contribution in [0.1, 0.15) is 27.1 Å². The number of rotatable bonds is 3. The van der Waals surface area contributed by atoms with Crippen LogP contribution in [-0.2, 0) is 9.84 Å². The summed E-state index contributed by atoms with van der Waals surface area (Å²) < 4.78 is 36.2. The number of hydrogen-bond donors (Lipinski definition) is 2. The SMILES string of the molecule is O=C(O)c1ccc(C(=O)NC2CCS(=O)(=O)C2)c(F)c1. The maximum absolute atomic E-state index is 13.6. The molecule has 1 saturated heterocycles. The zero-order valence-electron chi connectivity index (χ0n) is 10.3. The van der Waals surface area contributed by atoms with Crippen LogP contribution in [0, 0.1) is 5.82 Å². The quantitative estimate of drug-likeness (QED) is 0.843. The van der Waals surface area contributed by atoms with Crippen LogP contribution in [-0.4, -0.2) is 42.9 Å². The molecule has 0 bridgehead atoms. The summed E-state index contributed by atoms with van der Waals surface area (Å²) in [5.41, 5.74) is -0.568. The van der Waals surface area contributed by atoms with Crippen LogP contribution < -0.4 is 5.32 Å². The summed E-state index contributed by atoms with van der Waals surface area (Å²) >= 11 is 0. The van der Waals surface area contributed by atoms with E-state index in [1.54, 1.807) is 0 Å². The Kier molecular flexibility index (Phi) is 3.76. The van der Waals surface area contributed by atoms with Crippen LogP contribution in [0.15, 0.2) is 18.2 Å². The highest BCUT2D eigenvalue weighted by molar-refractivity contribution is 7.91. The fourth-order valence-electron chi connectivity index (χ4n) is 2.00. The molecule has 1 aromatic carbocycles. The minimum absolute atomic E-state index is 0.00161. The molecule has 1 amide bonds. The molecule has 108 valence electrons. The molecule has 0 radical (unpaired) electrons. The van der Waals surface area contributed by atoms with E-state index < -0.39 is 33.6 Å². The Morgan fingerprint density at radius 1 is 1.35 bits per heavy atom. The molecule has 1 heterocycles. The van der Waals surface area contributed by atoms with Gasteiger partial charge < -0.3 is 10.4 Å². The number of amides is 1. The average molecular weight is 301 g/mol. The standard InChI is InChI=1S/C12H12FNO5S/c13-10-5-7(12(16)17)1-2-9(10)11(15)14-8-3-4-20(18,19)6-8/h1-2,5,8H,3-4,6H2,(H,14,15)(H,16,17). The predicted octanol–water partition coefficient (Wildman–Crippen LogP) is 0.441. The Bertz CT molecular complexity index is 670. The van der Waals surface area contributed by atoms with E-state index in [0.29, 0.717) is 6.42 Å². The van der Waals surface area contributed by atoms with Crippen molar-refractivity contribution < 1.29 is 27.5 Å². The molecule has 20 heavy (non-hydrogen) atoms. The molecule has 1 aliphatic heterocycles.